The Bertz CT molecular complexity index is 4110. The summed E-state index contributed by atoms with van der Waals surface area (Å²) in [5.41, 5.74) is 17.0. The van der Waals surface area contributed by atoms with Crippen LogP contribution in [0.3, 0.4) is 0 Å². The molecule has 0 unspecified atom stereocenters. The van der Waals surface area contributed by atoms with E-state index in [2.05, 4.69) is 15.6 Å². The van der Waals surface area contributed by atoms with Crippen LogP contribution in [0.15, 0.2) is 101 Å². The number of nitrogens with two attached hydrogens (primary N) is 2. The minimum absolute atomic E-state index is 0.00965. The molecule has 127 heavy (non-hydrogen) atoms. The van der Waals surface area contributed by atoms with E-state index >= 15 is 4.39 Å². The molecule has 3 aromatic rings. The van der Waals surface area contributed by atoms with E-state index in [1.54, 1.807) is 71.2 Å². The van der Waals surface area contributed by atoms with Crippen LogP contribution in [-0.4, -0.2) is 295 Å². The molecule has 4 aliphatic heterocycles. The van der Waals surface area contributed by atoms with Gasteiger partial charge in [0.25, 0.3) is 22.8 Å². The maximum Gasteiger partial charge on any atom is 0.329 e. The molecular weight excluding hydrogens is 1680 g/mol. The number of aliphatic hydroxyl groups excluding tert-OH is 2. The number of amides is 3. The average Bonchev–Trinajstić information content (AvgIpc) is 0.891. The van der Waals surface area contributed by atoms with Gasteiger partial charge >= 0.3 is 5.97 Å². The van der Waals surface area contributed by atoms with Crippen molar-refractivity contribution in [2.45, 2.75) is 204 Å². The molecule has 1 aromatic heterocycles. The molecule has 1 aliphatic carbocycles. The summed E-state index contributed by atoms with van der Waals surface area (Å²) < 4.78 is 96.9. The summed E-state index contributed by atoms with van der Waals surface area (Å²) in [5.74, 6) is -8.53. The number of esters is 1. The number of thiocarbonyl (C=S) groups is 1. The number of hydrogen-bond acceptors (Lipinski definition) is 29. The molecule has 34 heteroatoms. The molecule has 1 saturated carbocycles. The number of carbonyl (C=O) groups is 7. The van der Waals surface area contributed by atoms with Gasteiger partial charge in [0.15, 0.2) is 5.78 Å². The molecule has 31 nitrogen and oxygen atoms in total. The molecule has 3 amide bonds. The lowest BCUT2D eigenvalue weighted by molar-refractivity contribution is -0.265. The number of aliphatic hydroxyl groups is 3. The Labute approximate surface area is 756 Å². The number of carbonyl (C=O) groups excluding carboxylic acids is 7. The van der Waals surface area contributed by atoms with Crippen LogP contribution in [0, 0.1) is 42.3 Å². The first kappa shape index (κ1) is 105. The lowest BCUT2D eigenvalue weighted by Gasteiger charge is -2.42. The summed E-state index contributed by atoms with van der Waals surface area (Å²) in [6.07, 6.45) is 10.2. The Kier molecular flexibility index (Phi) is 45.8. The van der Waals surface area contributed by atoms with Crippen molar-refractivity contribution >= 4 is 76.0 Å². The highest BCUT2D eigenvalue weighted by atomic mass is 32.2. The number of benzene rings is 2. The van der Waals surface area contributed by atoms with Gasteiger partial charge in [-0.2, -0.15) is 0 Å². The summed E-state index contributed by atoms with van der Waals surface area (Å²) >= 11 is 6.84. The van der Waals surface area contributed by atoms with Crippen LogP contribution in [0.1, 0.15) is 146 Å². The number of nitrogen functional groups attached to an aromatic ring is 1. The van der Waals surface area contributed by atoms with Gasteiger partial charge in [-0.05, 0) is 168 Å². The molecule has 0 spiro atoms. The Hall–Kier alpha value is -7.59. The highest BCUT2D eigenvalue weighted by Crippen LogP contribution is 2.39. The molecule has 8 rings (SSSR count). The monoisotopic (exact) mass is 1820 g/mol. The Morgan fingerprint density at radius 3 is 2.02 bits per heavy atom. The second kappa shape index (κ2) is 55.6. The van der Waals surface area contributed by atoms with Gasteiger partial charge in [-0.1, -0.05) is 70.2 Å². The number of ketones is 3. The number of pyridine rings is 1. The summed E-state index contributed by atoms with van der Waals surface area (Å²) in [7, 11) is 3.13. The zero-order valence-electron chi connectivity index (χ0n) is 75.2. The SMILES string of the molecule is CO[C@H]1C[C@@H]2CC[C@@H](C)[C@@](O)(O2)C(=O)C(=O)N2CCCC[C@H]2C(=O)O[C@H]([C@H](N)C[C@@H]2CC[C@@H](OC(=S)NCCOCCOCCOCCOCCOCCOCCOCCOCCC(=O)NCCSc3ccc(C(=O)N4CCOc5ccc(-c6ccc(N)nc6)cc5C4)c(C)c3F)[C@H](OC)C2)CC(=O)[C@H](C)/C=C(\C)[C@@H](O)[C@@H](O)C(=O)[C@H](C)C[C@H](C)/C=C/C=CC=C1C. The molecule has 0 radical (unpaired) electrons. The van der Waals surface area contributed by atoms with Crippen molar-refractivity contribution in [2.75, 3.05) is 164 Å². The molecule has 706 valence electrons. The predicted octanol–water partition coefficient (Wildman–Crippen LogP) is 8.67. The summed E-state index contributed by atoms with van der Waals surface area (Å²) in [6.45, 7) is 19.3. The first-order valence-corrected chi connectivity index (χ1v) is 45.9. The number of aromatic nitrogens is 1. The standard InChI is InChI=1S/C93H136FN7O24S2/c1-60-15-11-10-12-16-61(2)78(112-8)56-71-22-18-65(6)93(111,125-71)88(107)90(109)101-31-14-13-17-74(101)91(110)123-79(57-75(102)62(3)52-64(5)86(105)87(106)85(104)63(4)51-60)73(95)53-67-19-24-77(80(54-67)113-9)124-92(126)98-29-34-115-37-39-117-41-43-119-45-47-121-49-48-120-46-44-118-42-40-116-38-36-114-33-28-83(103)97-30-50-127-81-26-23-72(66(7)84(81)94)89(108)100-32-35-122-76-25-20-68(55-70(76)59-100)69-21-27-82(96)99-58-69/h10-12,15-16,20-21,23,25-27,52,55,58,60,62-63,65,67,71,73-74,77-80,86-87,105-106,111H,13-14,17-19,22,24,28-51,53-54,56-57,59,95H2,1-9H3,(H2,96,99)(H,97,103)(H,98,126)/b12-10?,15-11+,61-16?,64-52+/t60-,62-,63-,65-,67+,71+,73-,74+,77-,78+,79+,80-,86-,87+,93-/m1/s1. The van der Waals surface area contributed by atoms with Crippen LogP contribution in [0.25, 0.3) is 11.1 Å². The van der Waals surface area contributed by atoms with Crippen molar-refractivity contribution in [3.05, 3.63) is 119 Å². The minimum atomic E-state index is -2.50. The summed E-state index contributed by atoms with van der Waals surface area (Å²) in [4.78, 5) is 105. The largest absolute Gasteiger partial charge is 0.491 e. The fourth-order valence-electron chi connectivity index (χ4n) is 15.9. The maximum atomic E-state index is 15.7. The molecule has 2 aromatic carbocycles. The molecule has 2 bridgehead atoms. The Morgan fingerprint density at radius 2 is 1.37 bits per heavy atom. The fraction of sp³-hybridized carbons (Fsp3) is 0.645. The highest BCUT2D eigenvalue weighted by molar-refractivity contribution is 7.99. The van der Waals surface area contributed by atoms with E-state index in [4.69, 9.17) is 90.0 Å². The smallest absolute Gasteiger partial charge is 0.329 e. The third-order valence-corrected chi connectivity index (χ3v) is 24.8. The van der Waals surface area contributed by atoms with E-state index in [1.165, 1.54) is 24.8 Å². The van der Waals surface area contributed by atoms with E-state index in [0.717, 1.165) is 27.2 Å². The van der Waals surface area contributed by atoms with E-state index in [1.807, 2.05) is 68.5 Å². The van der Waals surface area contributed by atoms with Crippen LogP contribution in [-0.2, 0) is 96.9 Å². The first-order chi connectivity index (χ1) is 61.1. The number of cyclic esters (lactones) is 1. The second-order valence-electron chi connectivity index (χ2n) is 33.1. The second-order valence-corrected chi connectivity index (χ2v) is 34.6. The van der Waals surface area contributed by atoms with Crippen LogP contribution >= 0.6 is 24.0 Å². The van der Waals surface area contributed by atoms with E-state index < -0.39 is 113 Å². The van der Waals surface area contributed by atoms with Crippen LogP contribution in [0.5, 0.6) is 5.75 Å². The molecule has 9 N–H and O–H groups in total. The van der Waals surface area contributed by atoms with E-state index in [9.17, 15) is 48.9 Å². The van der Waals surface area contributed by atoms with Gasteiger partial charge in [-0.25, -0.2) is 14.2 Å². The molecule has 3 fully saturated rings. The zero-order chi connectivity index (χ0) is 91.8. The van der Waals surface area contributed by atoms with Crippen LogP contribution < -0.4 is 26.8 Å². The number of halogens is 1. The average molecular weight is 1820 g/mol. The topological polar surface area (TPSA) is 405 Å². The van der Waals surface area contributed by atoms with Crippen molar-refractivity contribution < 1.29 is 120 Å². The number of methoxy groups -OCH3 is 2. The number of nitrogens with one attached hydrogen (secondary N) is 2. The van der Waals surface area contributed by atoms with Crippen LogP contribution in [0.4, 0.5) is 10.2 Å². The molecule has 2 saturated heterocycles. The number of fused-ring (bicyclic) bond motifs is 4. The lowest BCUT2D eigenvalue weighted by atomic mass is 9.80. The Balaban J connectivity index is 0.636. The fourth-order valence-corrected chi connectivity index (χ4v) is 17.0. The Morgan fingerprint density at radius 1 is 0.717 bits per heavy atom. The molecule has 5 aliphatic rings. The molecule has 15 atom stereocenters. The van der Waals surface area contributed by atoms with Crippen molar-refractivity contribution in [3.63, 3.8) is 0 Å². The van der Waals surface area contributed by atoms with Gasteiger partial charge in [0.1, 0.15) is 60.2 Å². The number of Topliss-reactive ketones (excluding diaryl/α,β-unsaturated/α-hetero) is 3. The van der Waals surface area contributed by atoms with Gasteiger partial charge in [0.2, 0.25) is 11.7 Å². The van der Waals surface area contributed by atoms with Crippen molar-refractivity contribution in [1.29, 1.82) is 0 Å². The number of anilines is 1. The van der Waals surface area contributed by atoms with Crippen molar-refractivity contribution in [1.82, 2.24) is 25.4 Å². The third-order valence-electron chi connectivity index (χ3n) is 23.5. The van der Waals surface area contributed by atoms with Crippen molar-refractivity contribution in [3.8, 4) is 16.9 Å². The first-order valence-electron chi connectivity index (χ1n) is 44.5. The van der Waals surface area contributed by atoms with Crippen molar-refractivity contribution in [2.24, 2.45) is 35.3 Å². The van der Waals surface area contributed by atoms with Crippen LogP contribution in [0.2, 0.25) is 0 Å². The quantitative estimate of drug-likeness (QED) is 0.00701. The van der Waals surface area contributed by atoms with Gasteiger partial charge < -0.3 is 114 Å². The lowest BCUT2D eigenvalue weighted by Crippen LogP contribution is -2.61. The summed E-state index contributed by atoms with van der Waals surface area (Å²) in [6, 6.07) is 10.5. The highest BCUT2D eigenvalue weighted by Gasteiger charge is 2.53. The zero-order valence-corrected chi connectivity index (χ0v) is 76.9. The maximum absolute atomic E-state index is 15.7. The summed E-state index contributed by atoms with van der Waals surface area (Å²) in [5, 5.41) is 40.7. The number of allylic oxidation sites excluding steroid dienone is 6. The normalized spacial score (nSPS) is 26.2. The van der Waals surface area contributed by atoms with Gasteiger partial charge in [-0.15, -0.1) is 11.8 Å². The molecular formula is C93H136FN7O24S2. The van der Waals surface area contributed by atoms with Gasteiger partial charge in [0.05, 0.1) is 131 Å². The van der Waals surface area contributed by atoms with E-state index in [0.29, 0.717) is 205 Å². The van der Waals surface area contributed by atoms with Gasteiger partial charge in [-0.3, -0.25) is 28.8 Å². The number of rotatable bonds is 39. The van der Waals surface area contributed by atoms with Gasteiger partial charge in [0, 0.05) is 117 Å². The number of piperidine rings is 1. The minimum Gasteiger partial charge on any atom is -0.491 e. The number of ether oxygens (including phenoxy) is 14. The van der Waals surface area contributed by atoms with E-state index in [-0.39, 0.29) is 90.8 Å². The number of hydrogen-bond donors (Lipinski definition) is 7. The third kappa shape index (κ3) is 33.9. The number of thioether (sulfide) groups is 1. The molecule has 5 heterocycles. The predicted molar refractivity (Wildman–Crippen MR) is 479 cm³/mol. The number of nitrogens with zero attached hydrogens (tertiary/aromatic N) is 3.